The standard InChI is InChI=1S/C28H25F3N2O4.ClH/c1-2-36-26(34)25(32-16-20-11-8-12-21(15-20)28(29,30)31)23-17-33(24-14-7-6-13-22(23)24)27(35)37-18-19-9-4-3-5-10-19;/h3-15,17,25,32H,2,16,18H2,1H3;1H. The molecule has 0 spiro atoms. The van der Waals surface area contributed by atoms with Gasteiger partial charge in [0.25, 0.3) is 0 Å². The van der Waals surface area contributed by atoms with E-state index < -0.39 is 29.8 Å². The molecule has 1 heterocycles. The van der Waals surface area contributed by atoms with Crippen LogP contribution in [0.15, 0.2) is 85.1 Å². The molecule has 3 aromatic carbocycles. The van der Waals surface area contributed by atoms with Gasteiger partial charge in [-0.05, 0) is 30.2 Å². The predicted octanol–water partition coefficient (Wildman–Crippen LogP) is 6.66. The van der Waals surface area contributed by atoms with E-state index in [1.807, 2.05) is 30.3 Å². The lowest BCUT2D eigenvalue weighted by Crippen LogP contribution is -2.30. The molecule has 0 bridgehead atoms. The largest absolute Gasteiger partial charge is 0.465 e. The molecule has 0 aliphatic rings. The first-order chi connectivity index (χ1) is 17.8. The lowest BCUT2D eigenvalue weighted by Gasteiger charge is -2.18. The lowest BCUT2D eigenvalue weighted by molar-refractivity contribution is -0.146. The number of carbonyl (C=O) groups is 2. The van der Waals surface area contributed by atoms with E-state index in [9.17, 15) is 22.8 Å². The number of alkyl halides is 3. The van der Waals surface area contributed by atoms with Crippen molar-refractivity contribution in [3.63, 3.8) is 0 Å². The second kappa shape index (κ2) is 12.6. The van der Waals surface area contributed by atoms with Crippen LogP contribution in [-0.4, -0.2) is 23.2 Å². The summed E-state index contributed by atoms with van der Waals surface area (Å²) in [6.07, 6.45) is -3.62. The van der Waals surface area contributed by atoms with Crippen molar-refractivity contribution in [2.24, 2.45) is 0 Å². The highest BCUT2D eigenvalue weighted by atomic mass is 35.5. The number of esters is 1. The van der Waals surface area contributed by atoms with Crippen molar-refractivity contribution in [1.29, 1.82) is 0 Å². The second-order valence-electron chi connectivity index (χ2n) is 8.28. The maximum absolute atomic E-state index is 13.1. The van der Waals surface area contributed by atoms with Gasteiger partial charge in [-0.3, -0.25) is 9.88 Å². The number of hydrogen-bond donors (Lipinski definition) is 1. The van der Waals surface area contributed by atoms with Crippen molar-refractivity contribution in [3.8, 4) is 0 Å². The minimum Gasteiger partial charge on any atom is -0.465 e. The van der Waals surface area contributed by atoms with Crippen LogP contribution in [-0.2, 0) is 33.6 Å². The maximum atomic E-state index is 13.1. The number of rotatable bonds is 8. The van der Waals surface area contributed by atoms with Crippen LogP contribution in [0.4, 0.5) is 18.0 Å². The number of nitrogens with one attached hydrogen (secondary N) is 1. The van der Waals surface area contributed by atoms with Gasteiger partial charge in [-0.25, -0.2) is 9.59 Å². The Balaban J connectivity index is 0.00000400. The SMILES string of the molecule is CCOC(=O)C(NCc1cccc(C(F)(F)F)c1)c1cn(C(=O)OCc2ccccc2)c2ccccc12.Cl. The zero-order valence-corrected chi connectivity index (χ0v) is 21.2. The van der Waals surface area contributed by atoms with Crippen LogP contribution in [0.5, 0.6) is 0 Å². The highest BCUT2D eigenvalue weighted by molar-refractivity contribution is 5.95. The van der Waals surface area contributed by atoms with Gasteiger partial charge in [-0.1, -0.05) is 66.7 Å². The van der Waals surface area contributed by atoms with Crippen molar-refractivity contribution < 1.29 is 32.2 Å². The molecule has 6 nitrogen and oxygen atoms in total. The summed E-state index contributed by atoms with van der Waals surface area (Å²) >= 11 is 0. The molecule has 4 rings (SSSR count). The molecule has 1 aromatic heterocycles. The molecule has 1 atom stereocenters. The quantitative estimate of drug-likeness (QED) is 0.250. The van der Waals surface area contributed by atoms with Gasteiger partial charge in [0, 0.05) is 23.7 Å². The summed E-state index contributed by atoms with van der Waals surface area (Å²) < 4.78 is 51.5. The van der Waals surface area contributed by atoms with Gasteiger partial charge in [0.05, 0.1) is 17.7 Å². The third kappa shape index (κ3) is 6.73. The van der Waals surface area contributed by atoms with E-state index in [4.69, 9.17) is 9.47 Å². The number of benzene rings is 3. The molecule has 0 aliphatic heterocycles. The minimum absolute atomic E-state index is 0. The molecule has 38 heavy (non-hydrogen) atoms. The summed E-state index contributed by atoms with van der Waals surface area (Å²) in [5.74, 6) is -0.616. The highest BCUT2D eigenvalue weighted by Gasteiger charge is 2.31. The monoisotopic (exact) mass is 546 g/mol. The highest BCUT2D eigenvalue weighted by Crippen LogP contribution is 2.31. The molecule has 0 radical (unpaired) electrons. The van der Waals surface area contributed by atoms with E-state index in [0.717, 1.165) is 17.7 Å². The lowest BCUT2D eigenvalue weighted by atomic mass is 10.0. The first kappa shape index (κ1) is 28.7. The smallest absolute Gasteiger partial charge is 0.418 e. The Morgan fingerprint density at radius 3 is 2.32 bits per heavy atom. The van der Waals surface area contributed by atoms with E-state index in [0.29, 0.717) is 22.0 Å². The van der Waals surface area contributed by atoms with Gasteiger partial charge in [-0.2, -0.15) is 13.2 Å². The van der Waals surface area contributed by atoms with Crippen LogP contribution in [0.3, 0.4) is 0 Å². The summed E-state index contributed by atoms with van der Waals surface area (Å²) in [4.78, 5) is 25.9. The fraction of sp³-hybridized carbons (Fsp3) is 0.214. The zero-order chi connectivity index (χ0) is 26.4. The second-order valence-corrected chi connectivity index (χ2v) is 8.28. The number of nitrogens with zero attached hydrogens (tertiary/aromatic N) is 1. The van der Waals surface area contributed by atoms with E-state index in [1.54, 1.807) is 31.2 Å². The number of halogens is 4. The van der Waals surface area contributed by atoms with Crippen LogP contribution in [0.1, 0.15) is 35.2 Å². The molecule has 0 saturated carbocycles. The molecule has 4 aromatic rings. The van der Waals surface area contributed by atoms with E-state index in [-0.39, 0.29) is 32.2 Å². The first-order valence-corrected chi connectivity index (χ1v) is 11.6. The molecule has 0 aliphatic carbocycles. The Morgan fingerprint density at radius 1 is 0.921 bits per heavy atom. The average molecular weight is 547 g/mol. The minimum atomic E-state index is -4.48. The summed E-state index contributed by atoms with van der Waals surface area (Å²) in [7, 11) is 0. The average Bonchev–Trinajstić information content (AvgIpc) is 3.27. The third-order valence-electron chi connectivity index (χ3n) is 5.74. The number of fused-ring (bicyclic) bond motifs is 1. The van der Waals surface area contributed by atoms with Gasteiger partial charge in [0.2, 0.25) is 0 Å². The van der Waals surface area contributed by atoms with Crippen molar-refractivity contribution in [1.82, 2.24) is 9.88 Å². The summed E-state index contributed by atoms with van der Waals surface area (Å²) in [6, 6.07) is 20.0. The fourth-order valence-electron chi connectivity index (χ4n) is 4.00. The number of hydrogen-bond acceptors (Lipinski definition) is 5. The van der Waals surface area contributed by atoms with Gasteiger partial charge in [0.15, 0.2) is 0 Å². The van der Waals surface area contributed by atoms with Gasteiger partial charge in [-0.15, -0.1) is 12.4 Å². The van der Waals surface area contributed by atoms with Crippen molar-refractivity contribution in [2.45, 2.75) is 32.3 Å². The first-order valence-electron chi connectivity index (χ1n) is 11.6. The Bertz CT molecular complexity index is 1390. The molecule has 0 fully saturated rings. The normalized spacial score (nSPS) is 12.0. The molecular weight excluding hydrogens is 521 g/mol. The van der Waals surface area contributed by atoms with Gasteiger partial charge < -0.3 is 9.47 Å². The van der Waals surface area contributed by atoms with E-state index in [2.05, 4.69) is 5.32 Å². The molecule has 200 valence electrons. The van der Waals surface area contributed by atoms with Crippen molar-refractivity contribution >= 4 is 35.4 Å². The summed E-state index contributed by atoms with van der Waals surface area (Å²) in [5.41, 5.74) is 1.34. The van der Waals surface area contributed by atoms with Gasteiger partial charge >= 0.3 is 18.2 Å². The predicted molar refractivity (Wildman–Crippen MR) is 139 cm³/mol. The summed E-state index contributed by atoms with van der Waals surface area (Å²) in [5, 5.41) is 3.62. The molecular formula is C28H26ClF3N2O4. The Kier molecular flexibility index (Phi) is 9.55. The van der Waals surface area contributed by atoms with Crippen LogP contribution in [0.2, 0.25) is 0 Å². The maximum Gasteiger partial charge on any atom is 0.418 e. The van der Waals surface area contributed by atoms with Gasteiger partial charge in [0.1, 0.15) is 12.6 Å². The van der Waals surface area contributed by atoms with Crippen LogP contribution in [0, 0.1) is 0 Å². The van der Waals surface area contributed by atoms with E-state index >= 15 is 0 Å². The number of aromatic nitrogens is 1. The van der Waals surface area contributed by atoms with Crippen molar-refractivity contribution in [2.75, 3.05) is 6.61 Å². The van der Waals surface area contributed by atoms with Crippen LogP contribution < -0.4 is 5.32 Å². The Labute approximate surface area is 223 Å². The third-order valence-corrected chi connectivity index (χ3v) is 5.74. The van der Waals surface area contributed by atoms with Crippen LogP contribution >= 0.6 is 12.4 Å². The topological polar surface area (TPSA) is 69.6 Å². The fourth-order valence-corrected chi connectivity index (χ4v) is 4.00. The zero-order valence-electron chi connectivity index (χ0n) is 20.4. The molecule has 0 saturated heterocycles. The Hall–Kier alpha value is -3.82. The molecule has 1 N–H and O–H groups in total. The molecule has 0 amide bonds. The molecule has 1 unspecified atom stereocenters. The Morgan fingerprint density at radius 2 is 1.61 bits per heavy atom. The number of ether oxygens (including phenoxy) is 2. The van der Waals surface area contributed by atoms with E-state index in [1.165, 1.54) is 22.9 Å². The number of carbonyl (C=O) groups excluding carboxylic acids is 2. The summed E-state index contributed by atoms with van der Waals surface area (Å²) in [6.45, 7) is 1.80. The van der Waals surface area contributed by atoms with Crippen molar-refractivity contribution in [3.05, 3.63) is 107 Å². The van der Waals surface area contributed by atoms with Crippen LogP contribution in [0.25, 0.3) is 10.9 Å². The molecule has 10 heteroatoms. The number of para-hydroxylation sites is 1.